The first kappa shape index (κ1) is 19.3. The lowest BCUT2D eigenvalue weighted by molar-refractivity contribution is 0.109. The van der Waals surface area contributed by atoms with Gasteiger partial charge in [-0.2, -0.15) is 0 Å². The van der Waals surface area contributed by atoms with Crippen molar-refractivity contribution in [2.24, 2.45) is 0 Å². The summed E-state index contributed by atoms with van der Waals surface area (Å²) in [5.74, 6) is 0. The number of hydrogen-bond acceptors (Lipinski definition) is 2. The zero-order valence-corrected chi connectivity index (χ0v) is 15.0. The molecule has 1 nitrogen and oxygen atoms in total. The Labute approximate surface area is 141 Å². The van der Waals surface area contributed by atoms with Crippen molar-refractivity contribution in [1.29, 1.82) is 0 Å². The highest BCUT2D eigenvalue weighted by molar-refractivity contribution is 7.99. The molecule has 0 spiro atoms. The van der Waals surface area contributed by atoms with E-state index in [9.17, 15) is 0 Å². The van der Waals surface area contributed by atoms with Crippen molar-refractivity contribution in [2.45, 2.75) is 75.0 Å². The second-order valence-electron chi connectivity index (χ2n) is 5.72. The zero-order valence-electron chi connectivity index (χ0n) is 14.1. The average molecular weight is 321 g/mol. The lowest BCUT2D eigenvalue weighted by atomic mass is 10.1. The van der Waals surface area contributed by atoms with Gasteiger partial charge in [-0.15, -0.1) is 6.58 Å². The van der Waals surface area contributed by atoms with Crippen molar-refractivity contribution in [1.82, 2.24) is 0 Å². The van der Waals surface area contributed by atoms with E-state index in [4.69, 9.17) is 4.74 Å². The van der Waals surface area contributed by atoms with Crippen molar-refractivity contribution < 1.29 is 4.74 Å². The largest absolute Gasteiger partial charge is 0.367 e. The minimum atomic E-state index is 0.276. The molecule has 0 N–H and O–H groups in total. The second kappa shape index (κ2) is 13.9. The van der Waals surface area contributed by atoms with Crippen LogP contribution in [0.1, 0.15) is 64.7 Å². The summed E-state index contributed by atoms with van der Waals surface area (Å²) in [6.45, 7) is 6.82. The number of unbranched alkanes of at least 4 members (excludes halogenated alkanes) is 6. The van der Waals surface area contributed by atoms with Gasteiger partial charge in [-0.3, -0.25) is 0 Å². The Morgan fingerprint density at radius 1 is 1.05 bits per heavy atom. The van der Waals surface area contributed by atoms with Gasteiger partial charge in [-0.25, -0.2) is 0 Å². The third-order valence-electron chi connectivity index (χ3n) is 3.68. The van der Waals surface area contributed by atoms with E-state index in [1.54, 1.807) is 0 Å². The van der Waals surface area contributed by atoms with Gasteiger partial charge < -0.3 is 4.74 Å². The number of rotatable bonds is 14. The maximum atomic E-state index is 6.02. The number of ether oxygens (including phenoxy) is 1. The first-order valence-electron chi connectivity index (χ1n) is 8.81. The minimum Gasteiger partial charge on any atom is -0.367 e. The van der Waals surface area contributed by atoms with Crippen LogP contribution in [0.5, 0.6) is 0 Å². The minimum absolute atomic E-state index is 0.276. The Hall–Kier alpha value is -0.730. The van der Waals surface area contributed by atoms with Crippen LogP contribution in [0, 0.1) is 0 Å². The highest BCUT2D eigenvalue weighted by atomic mass is 32.2. The Bertz CT molecular complexity index is 363. The molecule has 22 heavy (non-hydrogen) atoms. The molecule has 0 bridgehead atoms. The maximum Gasteiger partial charge on any atom is 0.107 e. The molecule has 1 atom stereocenters. The Morgan fingerprint density at radius 3 is 2.41 bits per heavy atom. The van der Waals surface area contributed by atoms with Crippen LogP contribution in [0.25, 0.3) is 0 Å². The Morgan fingerprint density at radius 2 is 1.73 bits per heavy atom. The van der Waals surface area contributed by atoms with Gasteiger partial charge in [0.05, 0.1) is 6.61 Å². The molecule has 1 rings (SSSR count). The summed E-state index contributed by atoms with van der Waals surface area (Å²) in [6, 6.07) is 10.6. The van der Waals surface area contributed by atoms with E-state index >= 15 is 0 Å². The lowest BCUT2D eigenvalue weighted by Gasteiger charge is -2.17. The molecular formula is C20H32OS. The molecule has 0 aromatic heterocycles. The fraction of sp³-hybridized carbons (Fsp3) is 0.600. The van der Waals surface area contributed by atoms with Gasteiger partial charge in [0, 0.05) is 4.90 Å². The quantitative estimate of drug-likeness (QED) is 0.161. The van der Waals surface area contributed by atoms with Crippen LogP contribution in [0.3, 0.4) is 0 Å². The molecule has 2 heteroatoms. The van der Waals surface area contributed by atoms with Gasteiger partial charge >= 0.3 is 0 Å². The van der Waals surface area contributed by atoms with Crippen LogP contribution in [0.2, 0.25) is 0 Å². The smallest absolute Gasteiger partial charge is 0.107 e. The standard InChI is InChI=1S/C20H32OS/c1-3-5-7-8-9-10-14-17-20(21-18-6-4-2)22-19-15-12-11-13-16-19/h4,11-13,15-16,20H,2-3,5-10,14,17-18H2,1H3. The summed E-state index contributed by atoms with van der Waals surface area (Å²) in [5.41, 5.74) is 0.276. The van der Waals surface area contributed by atoms with Crippen LogP contribution >= 0.6 is 11.8 Å². The van der Waals surface area contributed by atoms with Crippen molar-refractivity contribution in [2.75, 3.05) is 6.61 Å². The Kier molecular flexibility index (Phi) is 12.2. The average Bonchev–Trinajstić information content (AvgIpc) is 2.55. The zero-order chi connectivity index (χ0) is 15.9. The molecule has 1 aromatic carbocycles. The highest BCUT2D eigenvalue weighted by Crippen LogP contribution is 2.27. The van der Waals surface area contributed by atoms with E-state index in [-0.39, 0.29) is 5.44 Å². The van der Waals surface area contributed by atoms with Gasteiger partial charge in [-0.05, 0) is 31.4 Å². The summed E-state index contributed by atoms with van der Waals surface area (Å²) < 4.78 is 6.02. The molecule has 0 saturated heterocycles. The third-order valence-corrected chi connectivity index (χ3v) is 4.86. The third kappa shape index (κ3) is 10.1. The first-order chi connectivity index (χ1) is 10.9. The van der Waals surface area contributed by atoms with E-state index in [2.05, 4.69) is 43.8 Å². The van der Waals surface area contributed by atoms with Crippen molar-refractivity contribution in [3.8, 4) is 0 Å². The molecule has 0 saturated carbocycles. The van der Waals surface area contributed by atoms with E-state index < -0.39 is 0 Å². The van der Waals surface area contributed by atoms with E-state index in [0.717, 1.165) is 19.4 Å². The normalized spacial score (nSPS) is 12.2. The molecule has 0 radical (unpaired) electrons. The van der Waals surface area contributed by atoms with E-state index in [1.807, 2.05) is 17.8 Å². The van der Waals surface area contributed by atoms with Crippen LogP contribution < -0.4 is 0 Å². The molecule has 0 aliphatic carbocycles. The van der Waals surface area contributed by atoms with E-state index in [1.165, 1.54) is 49.8 Å². The molecule has 0 aliphatic heterocycles. The van der Waals surface area contributed by atoms with Gasteiger partial charge in [0.1, 0.15) is 5.44 Å². The molecule has 1 unspecified atom stereocenters. The van der Waals surface area contributed by atoms with Crippen molar-refractivity contribution >= 4 is 11.8 Å². The molecule has 0 heterocycles. The first-order valence-corrected chi connectivity index (χ1v) is 9.69. The van der Waals surface area contributed by atoms with Crippen LogP contribution in [0.4, 0.5) is 0 Å². The summed E-state index contributed by atoms with van der Waals surface area (Å²) >= 11 is 1.85. The summed E-state index contributed by atoms with van der Waals surface area (Å²) in [4.78, 5) is 1.30. The summed E-state index contributed by atoms with van der Waals surface area (Å²) in [5, 5.41) is 0. The van der Waals surface area contributed by atoms with Gasteiger partial charge in [0.2, 0.25) is 0 Å². The van der Waals surface area contributed by atoms with Crippen LogP contribution in [-0.4, -0.2) is 12.0 Å². The maximum absolute atomic E-state index is 6.02. The van der Waals surface area contributed by atoms with E-state index in [0.29, 0.717) is 0 Å². The SMILES string of the molecule is C=CCCOC(CCCCCCCCC)Sc1ccccc1. The highest BCUT2D eigenvalue weighted by Gasteiger charge is 2.10. The van der Waals surface area contributed by atoms with Gasteiger partial charge in [0.15, 0.2) is 0 Å². The van der Waals surface area contributed by atoms with Gasteiger partial charge in [0.25, 0.3) is 0 Å². The molecule has 0 aliphatic rings. The topological polar surface area (TPSA) is 9.23 Å². The Balaban J connectivity index is 2.24. The predicted octanol–water partition coefficient (Wildman–Crippen LogP) is 6.84. The van der Waals surface area contributed by atoms with Crippen molar-refractivity contribution in [3.63, 3.8) is 0 Å². The lowest BCUT2D eigenvalue weighted by Crippen LogP contribution is -2.09. The van der Waals surface area contributed by atoms with Gasteiger partial charge in [-0.1, -0.05) is 81.5 Å². The molecule has 1 aromatic rings. The monoisotopic (exact) mass is 320 g/mol. The summed E-state index contributed by atoms with van der Waals surface area (Å²) in [7, 11) is 0. The number of thioether (sulfide) groups is 1. The van der Waals surface area contributed by atoms with Crippen LogP contribution in [-0.2, 0) is 4.74 Å². The molecule has 0 amide bonds. The number of benzene rings is 1. The predicted molar refractivity (Wildman–Crippen MR) is 99.5 cm³/mol. The summed E-state index contributed by atoms with van der Waals surface area (Å²) in [6.07, 6.45) is 13.5. The molecule has 124 valence electrons. The molecular weight excluding hydrogens is 288 g/mol. The fourth-order valence-corrected chi connectivity index (χ4v) is 3.44. The van der Waals surface area contributed by atoms with Crippen molar-refractivity contribution in [3.05, 3.63) is 43.0 Å². The second-order valence-corrected chi connectivity index (χ2v) is 6.95. The fourth-order valence-electron chi connectivity index (χ4n) is 2.38. The van der Waals surface area contributed by atoms with Crippen LogP contribution in [0.15, 0.2) is 47.9 Å². The number of hydrogen-bond donors (Lipinski definition) is 0. The molecule has 0 fully saturated rings.